The smallest absolute Gasteiger partial charge is 0.101 e. The van der Waals surface area contributed by atoms with Crippen molar-refractivity contribution in [1.82, 2.24) is 10.6 Å². The van der Waals surface area contributed by atoms with E-state index in [1.165, 1.54) is 0 Å². The number of rotatable bonds is 0. The van der Waals surface area contributed by atoms with Crippen molar-refractivity contribution in [3.63, 3.8) is 0 Å². The Kier molecular flexibility index (Phi) is 1.96. The van der Waals surface area contributed by atoms with Gasteiger partial charge in [-0.3, -0.25) is 0 Å². The van der Waals surface area contributed by atoms with Crippen LogP contribution in [0.3, 0.4) is 0 Å². The van der Waals surface area contributed by atoms with Crippen molar-refractivity contribution in [2.75, 3.05) is 0 Å². The fourth-order valence-electron chi connectivity index (χ4n) is 1.35. The molecule has 1 aliphatic heterocycles. The number of nitrogens with one attached hydrogen (secondary N) is 2. The van der Waals surface area contributed by atoms with Gasteiger partial charge in [0.2, 0.25) is 0 Å². The van der Waals surface area contributed by atoms with Gasteiger partial charge in [-0.1, -0.05) is 36.5 Å². The van der Waals surface area contributed by atoms with Crippen molar-refractivity contribution < 1.29 is 0 Å². The Hall–Kier alpha value is -1.09. The van der Waals surface area contributed by atoms with Crippen LogP contribution in [-0.4, -0.2) is 17.1 Å². The van der Waals surface area contributed by atoms with Crippen LogP contribution in [-0.2, 0) is 0 Å². The number of allylic oxidation sites excluding steroid dienone is 2. The molecule has 12 heavy (non-hydrogen) atoms. The van der Waals surface area contributed by atoms with E-state index >= 15 is 0 Å². The van der Waals surface area contributed by atoms with Gasteiger partial charge in [0.25, 0.3) is 0 Å². The summed E-state index contributed by atoms with van der Waals surface area (Å²) in [4.78, 5) is 0.787. The SMILES string of the molecule is S=C1C=CNC2C=CC=CC2N1. The maximum absolute atomic E-state index is 5.06. The average Bonchev–Trinajstić information content (AvgIpc) is 2.25. The summed E-state index contributed by atoms with van der Waals surface area (Å²) in [5.41, 5.74) is 0. The first-order valence-electron chi connectivity index (χ1n) is 3.94. The summed E-state index contributed by atoms with van der Waals surface area (Å²) >= 11 is 5.06. The molecular formula is C9H10N2S. The minimum atomic E-state index is 0.289. The molecule has 0 aromatic heterocycles. The average molecular weight is 178 g/mol. The molecule has 0 spiro atoms. The van der Waals surface area contributed by atoms with Gasteiger partial charge >= 0.3 is 0 Å². The monoisotopic (exact) mass is 178 g/mol. The molecule has 2 nitrogen and oxygen atoms in total. The Balaban J connectivity index is 2.19. The van der Waals surface area contributed by atoms with Gasteiger partial charge in [-0.05, 0) is 12.3 Å². The summed E-state index contributed by atoms with van der Waals surface area (Å²) in [6, 6.07) is 0.615. The molecule has 0 radical (unpaired) electrons. The number of fused-ring (bicyclic) bond motifs is 1. The van der Waals surface area contributed by atoms with E-state index in [0.29, 0.717) is 6.04 Å². The molecule has 0 amide bonds. The van der Waals surface area contributed by atoms with Crippen molar-refractivity contribution in [3.05, 3.63) is 36.6 Å². The van der Waals surface area contributed by atoms with Crippen LogP contribution in [0, 0.1) is 0 Å². The maximum atomic E-state index is 5.06. The quantitative estimate of drug-likeness (QED) is 0.539. The molecule has 2 atom stereocenters. The van der Waals surface area contributed by atoms with Crippen LogP contribution < -0.4 is 10.6 Å². The molecule has 2 unspecified atom stereocenters. The summed E-state index contributed by atoms with van der Waals surface area (Å²) < 4.78 is 0. The fourth-order valence-corrected chi connectivity index (χ4v) is 1.56. The van der Waals surface area contributed by atoms with Crippen molar-refractivity contribution in [1.29, 1.82) is 0 Å². The summed E-state index contributed by atoms with van der Waals surface area (Å²) in [6.45, 7) is 0. The predicted molar refractivity (Wildman–Crippen MR) is 53.9 cm³/mol. The lowest BCUT2D eigenvalue weighted by atomic mass is 10.0. The zero-order valence-electron chi connectivity index (χ0n) is 6.53. The van der Waals surface area contributed by atoms with Gasteiger partial charge in [-0.2, -0.15) is 0 Å². The van der Waals surface area contributed by atoms with E-state index in [0.717, 1.165) is 4.99 Å². The predicted octanol–water partition coefficient (Wildman–Crippen LogP) is 0.883. The second-order valence-corrected chi connectivity index (χ2v) is 3.27. The molecule has 1 aliphatic carbocycles. The van der Waals surface area contributed by atoms with Gasteiger partial charge in [0.15, 0.2) is 0 Å². The van der Waals surface area contributed by atoms with E-state index in [1.54, 1.807) is 0 Å². The van der Waals surface area contributed by atoms with E-state index < -0.39 is 0 Å². The van der Waals surface area contributed by atoms with Crippen LogP contribution in [0.25, 0.3) is 0 Å². The van der Waals surface area contributed by atoms with Crippen molar-refractivity contribution in [2.24, 2.45) is 0 Å². The second kappa shape index (κ2) is 3.11. The first-order chi connectivity index (χ1) is 5.86. The second-order valence-electron chi connectivity index (χ2n) is 2.83. The lowest BCUT2D eigenvalue weighted by molar-refractivity contribution is 0.587. The summed E-state index contributed by atoms with van der Waals surface area (Å²) in [6.07, 6.45) is 12.1. The van der Waals surface area contributed by atoms with Crippen LogP contribution in [0.5, 0.6) is 0 Å². The van der Waals surface area contributed by atoms with Gasteiger partial charge in [0.05, 0.1) is 12.1 Å². The Labute approximate surface area is 77.0 Å². The Bertz CT molecular complexity index is 278. The number of thiocarbonyl (C=S) groups is 1. The topological polar surface area (TPSA) is 24.1 Å². The molecule has 0 saturated heterocycles. The van der Waals surface area contributed by atoms with Crippen molar-refractivity contribution >= 4 is 17.2 Å². The highest BCUT2D eigenvalue weighted by Crippen LogP contribution is 2.07. The molecule has 62 valence electrons. The highest BCUT2D eigenvalue weighted by molar-refractivity contribution is 7.80. The third kappa shape index (κ3) is 1.41. The molecule has 1 heterocycles. The zero-order valence-corrected chi connectivity index (χ0v) is 7.34. The minimum Gasteiger partial charge on any atom is -0.382 e. The Morgan fingerprint density at radius 1 is 1.17 bits per heavy atom. The fraction of sp³-hybridized carbons (Fsp3) is 0.222. The van der Waals surface area contributed by atoms with Crippen LogP contribution in [0.2, 0.25) is 0 Å². The standard InChI is InChI=1S/C9H10N2S/c12-9-5-6-10-7-3-1-2-4-8(7)11-9/h1-8,10H,(H,11,12). The molecular weight excluding hydrogens is 168 g/mol. The highest BCUT2D eigenvalue weighted by Gasteiger charge is 2.18. The number of hydrogen-bond donors (Lipinski definition) is 2. The van der Waals surface area contributed by atoms with Gasteiger partial charge in [-0.25, -0.2) is 0 Å². The summed E-state index contributed by atoms with van der Waals surface area (Å²) in [5, 5.41) is 6.47. The highest BCUT2D eigenvalue weighted by atomic mass is 32.1. The molecule has 2 rings (SSSR count). The largest absolute Gasteiger partial charge is 0.382 e. The van der Waals surface area contributed by atoms with Crippen LogP contribution >= 0.6 is 12.2 Å². The van der Waals surface area contributed by atoms with E-state index in [1.807, 2.05) is 24.4 Å². The van der Waals surface area contributed by atoms with Gasteiger partial charge in [0.1, 0.15) is 4.99 Å². The molecule has 0 saturated carbocycles. The molecule has 0 aromatic rings. The minimum absolute atomic E-state index is 0.289. The van der Waals surface area contributed by atoms with E-state index in [9.17, 15) is 0 Å². The molecule has 3 heteroatoms. The third-order valence-corrected chi connectivity index (χ3v) is 2.22. The van der Waals surface area contributed by atoms with Gasteiger partial charge in [0, 0.05) is 0 Å². The lowest BCUT2D eigenvalue weighted by Gasteiger charge is -2.23. The molecule has 0 aromatic carbocycles. The van der Waals surface area contributed by atoms with Gasteiger partial charge in [-0.15, -0.1) is 0 Å². The zero-order chi connectivity index (χ0) is 8.39. The first-order valence-corrected chi connectivity index (χ1v) is 4.35. The van der Waals surface area contributed by atoms with Crippen molar-refractivity contribution in [3.8, 4) is 0 Å². The third-order valence-electron chi connectivity index (χ3n) is 1.97. The summed E-state index contributed by atoms with van der Waals surface area (Å²) in [7, 11) is 0. The Morgan fingerprint density at radius 3 is 2.75 bits per heavy atom. The maximum Gasteiger partial charge on any atom is 0.101 e. The molecule has 0 bridgehead atoms. The summed E-state index contributed by atoms with van der Waals surface area (Å²) in [5.74, 6) is 0. The number of hydrogen-bond acceptors (Lipinski definition) is 2. The van der Waals surface area contributed by atoms with Crippen LogP contribution in [0.15, 0.2) is 36.6 Å². The van der Waals surface area contributed by atoms with Crippen molar-refractivity contribution in [2.45, 2.75) is 12.1 Å². The first kappa shape index (κ1) is 7.55. The van der Waals surface area contributed by atoms with Crippen LogP contribution in [0.1, 0.15) is 0 Å². The van der Waals surface area contributed by atoms with Crippen LogP contribution in [0.4, 0.5) is 0 Å². The normalized spacial score (nSPS) is 31.8. The Morgan fingerprint density at radius 2 is 1.92 bits per heavy atom. The van der Waals surface area contributed by atoms with Gasteiger partial charge < -0.3 is 10.6 Å². The van der Waals surface area contributed by atoms with E-state index in [4.69, 9.17) is 12.2 Å². The molecule has 2 N–H and O–H groups in total. The molecule has 0 fully saturated rings. The molecule has 2 aliphatic rings. The van der Waals surface area contributed by atoms with E-state index in [-0.39, 0.29) is 6.04 Å². The lowest BCUT2D eigenvalue weighted by Crippen LogP contribution is -2.44. The van der Waals surface area contributed by atoms with E-state index in [2.05, 4.69) is 22.8 Å².